The molecule has 1 N–H and O–H groups in total. The Bertz CT molecular complexity index is 829. The van der Waals surface area contributed by atoms with Gasteiger partial charge in [0.25, 0.3) is 5.91 Å². The van der Waals surface area contributed by atoms with Gasteiger partial charge in [-0.25, -0.2) is 4.79 Å². The molecule has 2 rings (SSSR count). The van der Waals surface area contributed by atoms with E-state index in [1.54, 1.807) is 32.0 Å². The number of ether oxygens (including phenoxy) is 2. The molecule has 2 aromatic carbocycles. The van der Waals surface area contributed by atoms with Crippen molar-refractivity contribution in [3.63, 3.8) is 0 Å². The number of carbonyl (C=O) groups is 2. The van der Waals surface area contributed by atoms with Gasteiger partial charge >= 0.3 is 5.97 Å². The first-order chi connectivity index (χ1) is 12.9. The topological polar surface area (TPSA) is 64.6 Å². The highest BCUT2D eigenvalue weighted by atomic mass is 16.5. The van der Waals surface area contributed by atoms with E-state index < -0.39 is 12.1 Å². The number of hydrogen-bond donors (Lipinski definition) is 1. The molecule has 1 atom stereocenters. The van der Waals surface area contributed by atoms with Crippen molar-refractivity contribution < 1.29 is 19.1 Å². The predicted molar refractivity (Wildman–Crippen MR) is 106 cm³/mol. The van der Waals surface area contributed by atoms with E-state index >= 15 is 0 Å². The summed E-state index contributed by atoms with van der Waals surface area (Å²) in [5.74, 6) is 0.0471. The molecular weight excluding hydrogens is 342 g/mol. The van der Waals surface area contributed by atoms with Crippen LogP contribution in [0.15, 0.2) is 36.4 Å². The molecular formula is C22H27NO4. The maximum Gasteiger partial charge on any atom is 0.338 e. The Morgan fingerprint density at radius 3 is 2.44 bits per heavy atom. The molecule has 1 amide bonds. The van der Waals surface area contributed by atoms with Gasteiger partial charge in [0.05, 0.1) is 12.2 Å². The van der Waals surface area contributed by atoms with Crippen molar-refractivity contribution in [1.82, 2.24) is 0 Å². The van der Waals surface area contributed by atoms with Gasteiger partial charge in [-0.15, -0.1) is 0 Å². The fourth-order valence-electron chi connectivity index (χ4n) is 2.82. The van der Waals surface area contributed by atoms with Crippen LogP contribution in [-0.2, 0) is 9.53 Å². The Balaban J connectivity index is 2.17. The molecule has 0 spiro atoms. The highest BCUT2D eigenvalue weighted by Crippen LogP contribution is 2.23. The van der Waals surface area contributed by atoms with Crippen LogP contribution in [0, 0.1) is 20.8 Å². The molecule has 0 aliphatic rings. The fraction of sp³-hybridized carbons (Fsp3) is 0.364. The summed E-state index contributed by atoms with van der Waals surface area (Å²) in [6.45, 7) is 9.72. The molecule has 5 nitrogen and oxygen atoms in total. The molecule has 0 bridgehead atoms. The first-order valence-corrected chi connectivity index (χ1v) is 9.18. The van der Waals surface area contributed by atoms with Crippen molar-refractivity contribution in [2.24, 2.45) is 0 Å². The second-order valence-electron chi connectivity index (χ2n) is 6.47. The monoisotopic (exact) mass is 369 g/mol. The zero-order valence-corrected chi connectivity index (χ0v) is 16.6. The minimum Gasteiger partial charge on any atom is -0.480 e. The molecule has 144 valence electrons. The SMILES string of the molecule is CCOC(=O)c1cccc(NC(=O)[C@H](CC)Oc2ccc(C)cc2C)c1C. The predicted octanol–water partition coefficient (Wildman–Crippen LogP) is 4.58. The van der Waals surface area contributed by atoms with Crippen molar-refractivity contribution in [1.29, 1.82) is 0 Å². The van der Waals surface area contributed by atoms with Gasteiger partial charge < -0.3 is 14.8 Å². The maximum absolute atomic E-state index is 12.7. The summed E-state index contributed by atoms with van der Waals surface area (Å²) in [6, 6.07) is 11.0. The fourth-order valence-corrected chi connectivity index (χ4v) is 2.82. The van der Waals surface area contributed by atoms with Crippen LogP contribution in [0.25, 0.3) is 0 Å². The summed E-state index contributed by atoms with van der Waals surface area (Å²) >= 11 is 0. The van der Waals surface area contributed by atoms with Crippen LogP contribution in [-0.4, -0.2) is 24.6 Å². The average molecular weight is 369 g/mol. The van der Waals surface area contributed by atoms with Gasteiger partial charge in [-0.05, 0) is 63.4 Å². The molecule has 0 aliphatic carbocycles. The minimum absolute atomic E-state index is 0.249. The molecule has 0 saturated heterocycles. The summed E-state index contributed by atoms with van der Waals surface area (Å²) in [5.41, 5.74) is 3.82. The summed E-state index contributed by atoms with van der Waals surface area (Å²) < 4.78 is 11.0. The number of benzene rings is 2. The Morgan fingerprint density at radius 1 is 1.07 bits per heavy atom. The van der Waals surface area contributed by atoms with Crippen LogP contribution in [0.3, 0.4) is 0 Å². The lowest BCUT2D eigenvalue weighted by atomic mass is 10.1. The van der Waals surface area contributed by atoms with Gasteiger partial charge in [0.15, 0.2) is 6.10 Å². The molecule has 2 aromatic rings. The van der Waals surface area contributed by atoms with Gasteiger partial charge in [-0.1, -0.05) is 30.7 Å². The molecule has 0 aromatic heterocycles. The van der Waals surface area contributed by atoms with E-state index in [4.69, 9.17) is 9.47 Å². The van der Waals surface area contributed by atoms with Crippen molar-refractivity contribution in [3.8, 4) is 5.75 Å². The maximum atomic E-state index is 12.7. The first kappa shape index (κ1) is 20.5. The third-order valence-corrected chi connectivity index (χ3v) is 4.35. The zero-order chi connectivity index (χ0) is 20.0. The lowest BCUT2D eigenvalue weighted by Gasteiger charge is -2.20. The van der Waals surface area contributed by atoms with Crippen molar-refractivity contribution in [2.75, 3.05) is 11.9 Å². The molecule has 27 heavy (non-hydrogen) atoms. The van der Waals surface area contributed by atoms with E-state index in [9.17, 15) is 9.59 Å². The molecule has 0 saturated carbocycles. The molecule has 0 unspecified atom stereocenters. The second kappa shape index (κ2) is 9.21. The molecule has 0 heterocycles. The number of anilines is 1. The number of hydrogen-bond acceptors (Lipinski definition) is 4. The van der Waals surface area contributed by atoms with Gasteiger partial charge in [0.1, 0.15) is 5.75 Å². The van der Waals surface area contributed by atoms with E-state index in [-0.39, 0.29) is 5.91 Å². The van der Waals surface area contributed by atoms with Crippen molar-refractivity contribution in [3.05, 3.63) is 58.7 Å². The number of nitrogens with one attached hydrogen (secondary N) is 1. The number of aryl methyl sites for hydroxylation is 2. The summed E-state index contributed by atoms with van der Waals surface area (Å²) in [5, 5.41) is 2.88. The third kappa shape index (κ3) is 5.09. The number of amides is 1. The van der Waals surface area contributed by atoms with Crippen molar-refractivity contribution >= 4 is 17.6 Å². The van der Waals surface area contributed by atoms with Gasteiger partial charge in [-0.3, -0.25) is 4.79 Å². The summed E-state index contributed by atoms with van der Waals surface area (Å²) in [7, 11) is 0. The van der Waals surface area contributed by atoms with Gasteiger partial charge in [0.2, 0.25) is 0 Å². The largest absolute Gasteiger partial charge is 0.480 e. The lowest BCUT2D eigenvalue weighted by Crippen LogP contribution is -2.33. The van der Waals surface area contributed by atoms with Crippen molar-refractivity contribution in [2.45, 2.75) is 47.1 Å². The third-order valence-electron chi connectivity index (χ3n) is 4.35. The van der Waals surface area contributed by atoms with Gasteiger partial charge in [0, 0.05) is 5.69 Å². The highest BCUT2D eigenvalue weighted by molar-refractivity contribution is 5.98. The number of carbonyl (C=O) groups excluding carboxylic acids is 2. The van der Waals surface area contributed by atoms with Crippen LogP contribution in [0.2, 0.25) is 0 Å². The van der Waals surface area contributed by atoms with Crippen LogP contribution in [0.5, 0.6) is 5.75 Å². The van der Waals surface area contributed by atoms with Crippen LogP contribution in [0.1, 0.15) is 47.3 Å². The lowest BCUT2D eigenvalue weighted by molar-refractivity contribution is -0.122. The van der Waals surface area contributed by atoms with E-state index in [2.05, 4.69) is 5.32 Å². The Hall–Kier alpha value is -2.82. The molecule has 0 radical (unpaired) electrons. The molecule has 5 heteroatoms. The minimum atomic E-state index is -0.628. The van der Waals surface area contributed by atoms with Crippen LogP contribution >= 0.6 is 0 Å². The number of rotatable bonds is 7. The quantitative estimate of drug-likeness (QED) is 0.725. The van der Waals surface area contributed by atoms with Crippen LogP contribution < -0.4 is 10.1 Å². The first-order valence-electron chi connectivity index (χ1n) is 9.18. The van der Waals surface area contributed by atoms with E-state index in [1.165, 1.54) is 0 Å². The summed E-state index contributed by atoms with van der Waals surface area (Å²) in [4.78, 5) is 24.8. The molecule has 0 aliphatic heterocycles. The summed E-state index contributed by atoms with van der Waals surface area (Å²) in [6.07, 6.45) is -0.104. The Labute approximate surface area is 160 Å². The molecule has 0 fully saturated rings. The van der Waals surface area contributed by atoms with Crippen LogP contribution in [0.4, 0.5) is 5.69 Å². The highest BCUT2D eigenvalue weighted by Gasteiger charge is 2.21. The van der Waals surface area contributed by atoms with E-state index in [1.807, 2.05) is 39.0 Å². The average Bonchev–Trinajstić information content (AvgIpc) is 2.63. The normalized spacial score (nSPS) is 11.6. The second-order valence-corrected chi connectivity index (χ2v) is 6.47. The van der Waals surface area contributed by atoms with Gasteiger partial charge in [-0.2, -0.15) is 0 Å². The Morgan fingerprint density at radius 2 is 1.81 bits per heavy atom. The smallest absolute Gasteiger partial charge is 0.338 e. The standard InChI is InChI=1S/C22H27NO4/c1-6-19(27-20-12-11-14(3)13-15(20)4)21(24)23-18-10-8-9-17(16(18)5)22(25)26-7-2/h8-13,19H,6-7H2,1-5H3,(H,23,24)/t19-/m0/s1. The van der Waals surface area contributed by atoms with E-state index in [0.717, 1.165) is 11.1 Å². The van der Waals surface area contributed by atoms with E-state index in [0.29, 0.717) is 35.6 Å². The zero-order valence-electron chi connectivity index (χ0n) is 16.6. The number of esters is 1. The Kier molecular flexibility index (Phi) is 6.99.